The zero-order valence-corrected chi connectivity index (χ0v) is 17.1. The van der Waals surface area contributed by atoms with Crippen LogP contribution in [0.1, 0.15) is 10.6 Å². The van der Waals surface area contributed by atoms with Crippen LogP contribution in [0.2, 0.25) is 0 Å². The van der Waals surface area contributed by atoms with Crippen LogP contribution in [0.15, 0.2) is 72.2 Å². The third kappa shape index (κ3) is 3.57. The van der Waals surface area contributed by atoms with Crippen LogP contribution in [0.5, 0.6) is 0 Å². The number of benzene rings is 1. The number of rotatable bonds is 2. The summed E-state index contributed by atoms with van der Waals surface area (Å²) in [6, 6.07) is 6.21. The first kappa shape index (κ1) is 18.1. The number of thiazole rings is 1. The third-order valence-electron chi connectivity index (χ3n) is 5.33. The van der Waals surface area contributed by atoms with Crippen LogP contribution < -0.4 is 5.32 Å². The van der Waals surface area contributed by atoms with E-state index < -0.39 is 0 Å². The second-order valence-electron chi connectivity index (χ2n) is 7.30. The molecule has 1 aromatic heterocycles. The highest BCUT2D eigenvalue weighted by Crippen LogP contribution is 2.28. The first-order chi connectivity index (χ1) is 14.2. The average Bonchev–Trinajstić information content (AvgIpc) is 3.11. The second-order valence-corrected chi connectivity index (χ2v) is 8.53. The molecule has 1 aromatic carbocycles. The van der Waals surface area contributed by atoms with Crippen molar-refractivity contribution in [2.24, 2.45) is 0 Å². The molecule has 4 heterocycles. The number of carbonyl (C=O) groups is 1. The number of aromatic nitrogens is 1. The van der Waals surface area contributed by atoms with Gasteiger partial charge in [-0.1, -0.05) is 18.2 Å². The van der Waals surface area contributed by atoms with Crippen LogP contribution in [0.25, 0.3) is 15.8 Å². The number of allylic oxidation sites excluding steroid dienone is 6. The molecule has 146 valence electrons. The van der Waals surface area contributed by atoms with E-state index in [4.69, 9.17) is 0 Å². The smallest absolute Gasteiger partial charge is 0.255 e. The average molecular weight is 403 g/mol. The van der Waals surface area contributed by atoms with E-state index in [9.17, 15) is 4.79 Å². The quantitative estimate of drug-likeness (QED) is 0.834. The molecule has 3 aliphatic rings. The first-order valence-corrected chi connectivity index (χ1v) is 10.7. The molecule has 1 amide bonds. The predicted octanol–water partition coefficient (Wildman–Crippen LogP) is 3.59. The van der Waals surface area contributed by atoms with Crippen LogP contribution >= 0.6 is 11.3 Å². The Morgan fingerprint density at radius 2 is 1.93 bits per heavy atom. The number of carbonyl (C=O) groups excluding carboxylic acids is 1. The van der Waals surface area contributed by atoms with Gasteiger partial charge >= 0.3 is 0 Å². The number of fused-ring (bicyclic) bond motifs is 2. The molecule has 3 aliphatic heterocycles. The van der Waals surface area contributed by atoms with Gasteiger partial charge in [0.2, 0.25) is 0 Å². The summed E-state index contributed by atoms with van der Waals surface area (Å²) in [6.07, 6.45) is 13.8. The van der Waals surface area contributed by atoms with Gasteiger partial charge in [-0.25, -0.2) is 4.98 Å². The number of piperazine rings is 1. The van der Waals surface area contributed by atoms with E-state index in [2.05, 4.69) is 39.5 Å². The molecule has 0 unspecified atom stereocenters. The summed E-state index contributed by atoms with van der Waals surface area (Å²) in [6.45, 7) is 5.85. The summed E-state index contributed by atoms with van der Waals surface area (Å²) in [5, 5.41) is 4.42. The van der Waals surface area contributed by atoms with Crippen molar-refractivity contribution in [2.75, 3.05) is 26.2 Å². The largest absolute Gasteiger partial charge is 0.368 e. The summed E-state index contributed by atoms with van der Waals surface area (Å²) < 4.78 is 1.17. The highest BCUT2D eigenvalue weighted by Gasteiger charge is 2.21. The lowest BCUT2D eigenvalue weighted by atomic mass is 10.0. The molecule has 0 saturated carbocycles. The number of aryl methyl sites for hydroxylation is 1. The van der Waals surface area contributed by atoms with Gasteiger partial charge in [-0.3, -0.25) is 9.69 Å². The molecule has 2 aromatic rings. The Balaban J connectivity index is 1.48. The zero-order valence-electron chi connectivity index (χ0n) is 16.3. The summed E-state index contributed by atoms with van der Waals surface area (Å²) in [7, 11) is 0. The Kier molecular flexibility index (Phi) is 4.66. The number of nitrogens with zero attached hydrogens (tertiary/aromatic N) is 3. The monoisotopic (exact) mass is 402 g/mol. The molecule has 29 heavy (non-hydrogen) atoms. The summed E-state index contributed by atoms with van der Waals surface area (Å²) in [5.74, 6) is -0.0397. The van der Waals surface area contributed by atoms with Crippen LogP contribution in [0.3, 0.4) is 0 Å². The molecular formula is C23H22N4OS. The van der Waals surface area contributed by atoms with E-state index in [1.165, 1.54) is 4.70 Å². The van der Waals surface area contributed by atoms with Gasteiger partial charge < -0.3 is 10.2 Å². The maximum atomic E-state index is 13.1. The van der Waals surface area contributed by atoms with Crippen molar-refractivity contribution < 1.29 is 4.79 Å². The van der Waals surface area contributed by atoms with Crippen molar-refractivity contribution in [3.63, 3.8) is 0 Å². The van der Waals surface area contributed by atoms with E-state index in [1.54, 1.807) is 22.3 Å². The molecule has 1 fully saturated rings. The highest BCUT2D eigenvalue weighted by molar-refractivity contribution is 7.18. The summed E-state index contributed by atoms with van der Waals surface area (Å²) in [4.78, 5) is 21.8. The Morgan fingerprint density at radius 1 is 1.10 bits per heavy atom. The van der Waals surface area contributed by atoms with Crippen LogP contribution in [0.4, 0.5) is 0 Å². The lowest BCUT2D eigenvalue weighted by molar-refractivity contribution is -0.122. The molecular weight excluding hydrogens is 380 g/mol. The van der Waals surface area contributed by atoms with Crippen molar-refractivity contribution in [3.8, 4) is 0 Å². The minimum absolute atomic E-state index is 0.0397. The SMILES string of the molecule is Cc1nc2cc(C3=CC(=O)N4C=C(N5CCNCC5)C=C/C4=C\C=C3)ccc2s1. The minimum Gasteiger partial charge on any atom is -0.368 e. The number of hydrogen-bond donors (Lipinski definition) is 1. The van der Waals surface area contributed by atoms with Gasteiger partial charge in [-0.05, 0) is 48.4 Å². The molecule has 0 atom stereocenters. The molecule has 0 bridgehead atoms. The maximum absolute atomic E-state index is 13.1. The number of nitrogens with one attached hydrogen (secondary N) is 1. The van der Waals surface area contributed by atoms with Gasteiger partial charge in [0, 0.05) is 44.2 Å². The Bertz CT molecular complexity index is 1130. The van der Waals surface area contributed by atoms with E-state index in [0.717, 1.165) is 59.2 Å². The van der Waals surface area contributed by atoms with Crippen LogP contribution in [-0.4, -0.2) is 46.9 Å². The minimum atomic E-state index is -0.0397. The highest BCUT2D eigenvalue weighted by atomic mass is 32.1. The fourth-order valence-electron chi connectivity index (χ4n) is 3.84. The van der Waals surface area contributed by atoms with E-state index >= 15 is 0 Å². The fourth-order valence-corrected chi connectivity index (χ4v) is 4.65. The molecule has 1 saturated heterocycles. The molecule has 5 nitrogen and oxygen atoms in total. The topological polar surface area (TPSA) is 48.5 Å². The Morgan fingerprint density at radius 3 is 2.79 bits per heavy atom. The van der Waals surface area contributed by atoms with E-state index in [-0.39, 0.29) is 5.91 Å². The first-order valence-electron chi connectivity index (χ1n) is 9.84. The zero-order chi connectivity index (χ0) is 19.8. The van der Waals surface area contributed by atoms with Crippen molar-refractivity contribution in [2.45, 2.75) is 6.92 Å². The molecule has 0 radical (unpaired) electrons. The van der Waals surface area contributed by atoms with Gasteiger partial charge in [0.25, 0.3) is 5.91 Å². The number of amides is 1. The van der Waals surface area contributed by atoms with Crippen molar-refractivity contribution in [1.82, 2.24) is 20.1 Å². The van der Waals surface area contributed by atoms with Gasteiger partial charge in [0.05, 0.1) is 20.9 Å². The van der Waals surface area contributed by atoms with Crippen molar-refractivity contribution in [3.05, 3.63) is 82.8 Å². The molecule has 0 spiro atoms. The lowest BCUT2D eigenvalue weighted by Gasteiger charge is -2.33. The van der Waals surface area contributed by atoms with Crippen molar-refractivity contribution in [1.29, 1.82) is 0 Å². The van der Waals surface area contributed by atoms with Crippen LogP contribution in [-0.2, 0) is 4.79 Å². The normalized spacial score (nSPS) is 21.3. The molecule has 0 aliphatic carbocycles. The van der Waals surface area contributed by atoms with Gasteiger partial charge in [0.15, 0.2) is 0 Å². The second kappa shape index (κ2) is 7.46. The molecule has 5 rings (SSSR count). The summed E-state index contributed by atoms with van der Waals surface area (Å²) >= 11 is 1.69. The lowest BCUT2D eigenvalue weighted by Crippen LogP contribution is -2.43. The predicted molar refractivity (Wildman–Crippen MR) is 118 cm³/mol. The number of hydrogen-bond acceptors (Lipinski definition) is 5. The third-order valence-corrected chi connectivity index (χ3v) is 6.29. The van der Waals surface area contributed by atoms with Gasteiger partial charge in [0.1, 0.15) is 0 Å². The molecule has 6 heteroatoms. The van der Waals surface area contributed by atoms with Crippen molar-refractivity contribution >= 4 is 33.0 Å². The Hall–Kier alpha value is -2.96. The summed E-state index contributed by atoms with van der Waals surface area (Å²) in [5.41, 5.74) is 4.83. The Labute approximate surface area is 174 Å². The van der Waals surface area contributed by atoms with Gasteiger partial charge in [-0.2, -0.15) is 0 Å². The van der Waals surface area contributed by atoms with E-state index in [1.807, 2.05) is 37.4 Å². The van der Waals surface area contributed by atoms with Gasteiger partial charge in [-0.15, -0.1) is 11.3 Å². The standard InChI is InChI=1S/C23H22N4OS/c1-16-25-21-13-18(5-8-22(21)29-16)17-3-2-4-19-6-7-20(15-27(19)23(28)14-17)26-11-9-24-10-12-26/h2-8,13-15,24H,9-12H2,1H3/b3-2?,17-14?,19-4+. The molecule has 1 N–H and O–H groups in total. The maximum Gasteiger partial charge on any atom is 0.255 e. The van der Waals surface area contributed by atoms with Crippen LogP contribution in [0, 0.1) is 6.92 Å². The fraction of sp³-hybridized carbons (Fsp3) is 0.217. The van der Waals surface area contributed by atoms with E-state index in [0.29, 0.717) is 0 Å².